The third-order valence-electron chi connectivity index (χ3n) is 4.90. The van der Waals surface area contributed by atoms with Crippen molar-refractivity contribution in [2.24, 2.45) is 0 Å². The lowest BCUT2D eigenvalue weighted by atomic mass is 10.0. The van der Waals surface area contributed by atoms with Crippen molar-refractivity contribution < 1.29 is 4.74 Å². The Labute approximate surface area is 169 Å². The molecule has 28 heavy (non-hydrogen) atoms. The van der Waals surface area contributed by atoms with Crippen LogP contribution in [0.4, 0.5) is 11.4 Å². The Kier molecular flexibility index (Phi) is 7.99. The highest BCUT2D eigenvalue weighted by Crippen LogP contribution is 2.31. The Morgan fingerprint density at radius 1 is 0.643 bits per heavy atom. The normalized spacial score (nSPS) is 10.6. The molecule has 146 valence electrons. The topological polar surface area (TPSA) is 21.3 Å². The first-order chi connectivity index (χ1) is 13.9. The van der Waals surface area contributed by atoms with Crippen LogP contribution in [0.3, 0.4) is 0 Å². The summed E-state index contributed by atoms with van der Waals surface area (Å²) in [5.41, 5.74) is 4.51. The molecule has 1 N–H and O–H groups in total. The maximum atomic E-state index is 6.11. The monoisotopic (exact) mass is 373 g/mol. The van der Waals surface area contributed by atoms with Gasteiger partial charge in [0, 0.05) is 16.9 Å². The number of unbranched alkanes of at least 4 members (excludes halogenated alkanes) is 5. The van der Waals surface area contributed by atoms with Crippen molar-refractivity contribution in [3.05, 3.63) is 78.9 Å². The first-order valence-electron chi connectivity index (χ1n) is 10.5. The fraction of sp³-hybridized carbons (Fsp3) is 0.308. The Hall–Kier alpha value is -2.74. The van der Waals surface area contributed by atoms with Crippen LogP contribution in [0, 0.1) is 0 Å². The fourth-order valence-electron chi connectivity index (χ4n) is 3.32. The third-order valence-corrected chi connectivity index (χ3v) is 4.90. The van der Waals surface area contributed by atoms with Gasteiger partial charge < -0.3 is 10.1 Å². The van der Waals surface area contributed by atoms with Gasteiger partial charge in [-0.1, -0.05) is 87.6 Å². The lowest BCUT2D eigenvalue weighted by Gasteiger charge is -2.13. The predicted molar refractivity (Wildman–Crippen MR) is 120 cm³/mol. The van der Waals surface area contributed by atoms with E-state index in [4.69, 9.17) is 4.74 Å². The van der Waals surface area contributed by atoms with Crippen LogP contribution in [0.1, 0.15) is 45.4 Å². The summed E-state index contributed by atoms with van der Waals surface area (Å²) in [5, 5.41) is 3.43. The van der Waals surface area contributed by atoms with E-state index in [1.165, 1.54) is 37.7 Å². The van der Waals surface area contributed by atoms with E-state index in [9.17, 15) is 0 Å². The minimum absolute atomic E-state index is 0.788. The van der Waals surface area contributed by atoms with Crippen LogP contribution in [0.2, 0.25) is 0 Å². The molecule has 0 saturated carbocycles. The van der Waals surface area contributed by atoms with Gasteiger partial charge in [0.15, 0.2) is 0 Å². The minimum atomic E-state index is 0.788. The highest BCUT2D eigenvalue weighted by molar-refractivity contribution is 5.73. The van der Waals surface area contributed by atoms with Crippen molar-refractivity contribution in [2.75, 3.05) is 11.9 Å². The van der Waals surface area contributed by atoms with Crippen LogP contribution >= 0.6 is 0 Å². The molecule has 3 aromatic rings. The molecule has 2 nitrogen and oxygen atoms in total. The quantitative estimate of drug-likeness (QED) is 0.346. The molecular formula is C26H31NO. The van der Waals surface area contributed by atoms with Crippen LogP contribution in [0.15, 0.2) is 78.9 Å². The molecule has 0 aliphatic heterocycles. The van der Waals surface area contributed by atoms with Gasteiger partial charge >= 0.3 is 0 Å². The minimum Gasteiger partial charge on any atom is -0.493 e. The van der Waals surface area contributed by atoms with E-state index in [2.05, 4.69) is 66.8 Å². The molecule has 0 amide bonds. The van der Waals surface area contributed by atoms with Crippen molar-refractivity contribution >= 4 is 11.4 Å². The molecule has 0 heterocycles. The van der Waals surface area contributed by atoms with Crippen molar-refractivity contribution in [1.29, 1.82) is 0 Å². The molecule has 0 atom stereocenters. The zero-order valence-corrected chi connectivity index (χ0v) is 16.9. The molecule has 0 radical (unpaired) electrons. The molecule has 3 aromatic carbocycles. The van der Waals surface area contributed by atoms with Gasteiger partial charge in [-0.05, 0) is 42.3 Å². The molecule has 0 saturated heterocycles. The number of anilines is 2. The summed E-state index contributed by atoms with van der Waals surface area (Å²) in [6, 6.07) is 27.1. The molecule has 0 aliphatic carbocycles. The van der Waals surface area contributed by atoms with Crippen LogP contribution in [0.25, 0.3) is 11.1 Å². The standard InChI is InChI=1S/C26H31NO/c1-2-3-4-5-6-12-21-28-26-16-11-10-15-25(26)22-17-19-24(20-18-22)27-23-13-8-7-9-14-23/h7-11,13-20,27H,2-6,12,21H2,1H3. The second-order valence-corrected chi connectivity index (χ2v) is 7.18. The lowest BCUT2D eigenvalue weighted by Crippen LogP contribution is -1.99. The van der Waals surface area contributed by atoms with Crippen LogP contribution < -0.4 is 10.1 Å². The van der Waals surface area contributed by atoms with Crippen LogP contribution in [0.5, 0.6) is 5.75 Å². The molecule has 0 spiro atoms. The molecule has 0 aliphatic rings. The van der Waals surface area contributed by atoms with Crippen molar-refractivity contribution in [2.45, 2.75) is 45.4 Å². The predicted octanol–water partition coefficient (Wildman–Crippen LogP) is 7.84. The van der Waals surface area contributed by atoms with Gasteiger partial charge in [-0.25, -0.2) is 0 Å². The Bertz CT molecular complexity index is 811. The smallest absolute Gasteiger partial charge is 0.127 e. The number of hydrogen-bond donors (Lipinski definition) is 1. The van der Waals surface area contributed by atoms with E-state index >= 15 is 0 Å². The molecule has 0 unspecified atom stereocenters. The van der Waals surface area contributed by atoms with E-state index in [0.29, 0.717) is 0 Å². The summed E-state index contributed by atoms with van der Waals surface area (Å²) in [7, 11) is 0. The van der Waals surface area contributed by atoms with Gasteiger partial charge in [0.25, 0.3) is 0 Å². The number of nitrogens with one attached hydrogen (secondary N) is 1. The summed E-state index contributed by atoms with van der Waals surface area (Å²) >= 11 is 0. The SMILES string of the molecule is CCCCCCCCOc1ccccc1-c1ccc(Nc2ccccc2)cc1. The van der Waals surface area contributed by atoms with Crippen LogP contribution in [-0.2, 0) is 0 Å². The molecular weight excluding hydrogens is 342 g/mol. The van der Waals surface area contributed by atoms with E-state index in [-0.39, 0.29) is 0 Å². The zero-order chi connectivity index (χ0) is 19.4. The summed E-state index contributed by atoms with van der Waals surface area (Å²) in [6.45, 7) is 3.04. The maximum Gasteiger partial charge on any atom is 0.127 e. The molecule has 3 rings (SSSR count). The second-order valence-electron chi connectivity index (χ2n) is 7.18. The maximum absolute atomic E-state index is 6.11. The van der Waals surface area contributed by atoms with Crippen molar-refractivity contribution in [1.82, 2.24) is 0 Å². The van der Waals surface area contributed by atoms with Crippen molar-refractivity contribution in [3.63, 3.8) is 0 Å². The van der Waals surface area contributed by atoms with Gasteiger partial charge in [0.05, 0.1) is 6.61 Å². The average molecular weight is 374 g/mol. The van der Waals surface area contributed by atoms with Gasteiger partial charge in [0.2, 0.25) is 0 Å². The van der Waals surface area contributed by atoms with Crippen molar-refractivity contribution in [3.8, 4) is 16.9 Å². The number of rotatable bonds is 11. The molecule has 2 heteroatoms. The van der Waals surface area contributed by atoms with Crippen LogP contribution in [-0.4, -0.2) is 6.61 Å². The van der Waals surface area contributed by atoms with E-state index in [1.54, 1.807) is 0 Å². The Balaban J connectivity index is 1.57. The van der Waals surface area contributed by atoms with E-state index in [1.807, 2.05) is 24.3 Å². The molecule has 0 bridgehead atoms. The van der Waals surface area contributed by atoms with Gasteiger partial charge in [-0.3, -0.25) is 0 Å². The summed E-state index contributed by atoms with van der Waals surface area (Å²) < 4.78 is 6.11. The fourth-order valence-corrected chi connectivity index (χ4v) is 3.32. The highest BCUT2D eigenvalue weighted by Gasteiger charge is 2.06. The largest absolute Gasteiger partial charge is 0.493 e. The third kappa shape index (κ3) is 6.16. The van der Waals surface area contributed by atoms with E-state index < -0.39 is 0 Å². The first-order valence-corrected chi connectivity index (χ1v) is 10.5. The van der Waals surface area contributed by atoms with Gasteiger partial charge in [-0.15, -0.1) is 0 Å². The van der Waals surface area contributed by atoms with E-state index in [0.717, 1.165) is 35.7 Å². The number of benzene rings is 3. The second kappa shape index (κ2) is 11.2. The summed E-state index contributed by atoms with van der Waals surface area (Å²) in [6.07, 6.45) is 7.67. The molecule has 0 fully saturated rings. The average Bonchev–Trinajstić information content (AvgIpc) is 2.75. The zero-order valence-electron chi connectivity index (χ0n) is 16.9. The van der Waals surface area contributed by atoms with Gasteiger partial charge in [-0.2, -0.15) is 0 Å². The Morgan fingerprint density at radius 2 is 1.29 bits per heavy atom. The summed E-state index contributed by atoms with van der Waals surface area (Å²) in [4.78, 5) is 0. The highest BCUT2D eigenvalue weighted by atomic mass is 16.5. The number of para-hydroxylation sites is 2. The lowest BCUT2D eigenvalue weighted by molar-refractivity contribution is 0.305. The number of ether oxygens (including phenoxy) is 1. The number of hydrogen-bond acceptors (Lipinski definition) is 2. The first kappa shape index (κ1) is 20.0. The van der Waals surface area contributed by atoms with Gasteiger partial charge in [0.1, 0.15) is 5.75 Å². The Morgan fingerprint density at radius 3 is 2.07 bits per heavy atom. The summed E-state index contributed by atoms with van der Waals surface area (Å²) in [5.74, 6) is 0.972. The molecule has 0 aromatic heterocycles.